The summed E-state index contributed by atoms with van der Waals surface area (Å²) in [6.45, 7) is 3.70. The molecule has 1 aliphatic carbocycles. The standard InChI is InChI=1S/C9H14O2/c1-7(2)11-9(10)6-5-8-3-4-8/h5-8H,3-4H2,1-2H3/b6-5+. The molecule has 0 aliphatic heterocycles. The summed E-state index contributed by atoms with van der Waals surface area (Å²) in [4.78, 5) is 10.9. The molecule has 2 nitrogen and oxygen atoms in total. The van der Waals surface area contributed by atoms with Gasteiger partial charge in [0.2, 0.25) is 0 Å². The first-order chi connectivity index (χ1) is 5.18. The van der Waals surface area contributed by atoms with Crippen LogP contribution in [0.4, 0.5) is 0 Å². The maximum atomic E-state index is 10.9. The first-order valence-electron chi connectivity index (χ1n) is 4.07. The van der Waals surface area contributed by atoms with Gasteiger partial charge in [0.15, 0.2) is 0 Å². The molecular formula is C9H14O2. The van der Waals surface area contributed by atoms with Gasteiger partial charge in [0.25, 0.3) is 0 Å². The van der Waals surface area contributed by atoms with Crippen LogP contribution in [0.25, 0.3) is 0 Å². The lowest BCUT2D eigenvalue weighted by molar-refractivity contribution is -0.141. The highest BCUT2D eigenvalue weighted by Crippen LogP contribution is 2.29. The van der Waals surface area contributed by atoms with E-state index in [1.54, 1.807) is 0 Å². The van der Waals surface area contributed by atoms with Crippen molar-refractivity contribution >= 4 is 5.97 Å². The molecule has 0 spiro atoms. The second kappa shape index (κ2) is 3.56. The van der Waals surface area contributed by atoms with Gasteiger partial charge in [-0.3, -0.25) is 0 Å². The molecule has 1 fully saturated rings. The minimum absolute atomic E-state index is 0.00801. The van der Waals surface area contributed by atoms with E-state index in [-0.39, 0.29) is 12.1 Å². The number of hydrogen-bond acceptors (Lipinski definition) is 2. The second-order valence-electron chi connectivity index (χ2n) is 3.18. The van der Waals surface area contributed by atoms with Crippen molar-refractivity contribution in [3.8, 4) is 0 Å². The lowest BCUT2D eigenvalue weighted by atomic mass is 10.3. The molecule has 1 rings (SSSR count). The highest BCUT2D eigenvalue weighted by Gasteiger charge is 2.17. The van der Waals surface area contributed by atoms with Crippen molar-refractivity contribution in [2.45, 2.75) is 32.8 Å². The van der Waals surface area contributed by atoms with Crippen molar-refractivity contribution in [3.63, 3.8) is 0 Å². The van der Waals surface area contributed by atoms with Crippen molar-refractivity contribution < 1.29 is 9.53 Å². The first kappa shape index (κ1) is 8.31. The van der Waals surface area contributed by atoms with E-state index in [1.165, 1.54) is 18.9 Å². The van der Waals surface area contributed by atoms with Gasteiger partial charge in [0, 0.05) is 6.08 Å². The number of carbonyl (C=O) groups is 1. The quantitative estimate of drug-likeness (QED) is 0.458. The Kier molecular flexibility index (Phi) is 2.69. The van der Waals surface area contributed by atoms with Crippen LogP contribution in [0.15, 0.2) is 12.2 Å². The molecule has 0 aromatic carbocycles. The van der Waals surface area contributed by atoms with Crippen molar-refractivity contribution in [1.82, 2.24) is 0 Å². The maximum Gasteiger partial charge on any atom is 0.330 e. The molecule has 0 saturated heterocycles. The van der Waals surface area contributed by atoms with Crippen molar-refractivity contribution in [3.05, 3.63) is 12.2 Å². The first-order valence-corrected chi connectivity index (χ1v) is 4.07. The fourth-order valence-corrected chi connectivity index (χ4v) is 0.775. The number of hydrogen-bond donors (Lipinski definition) is 0. The molecule has 0 amide bonds. The van der Waals surface area contributed by atoms with Crippen LogP contribution in [0.2, 0.25) is 0 Å². The van der Waals surface area contributed by atoms with Crippen LogP contribution in [0, 0.1) is 5.92 Å². The van der Waals surface area contributed by atoms with Crippen LogP contribution in [-0.2, 0) is 9.53 Å². The summed E-state index contributed by atoms with van der Waals surface area (Å²) in [6, 6.07) is 0. The number of rotatable bonds is 3. The van der Waals surface area contributed by atoms with E-state index >= 15 is 0 Å². The summed E-state index contributed by atoms with van der Waals surface area (Å²) in [5, 5.41) is 0. The summed E-state index contributed by atoms with van der Waals surface area (Å²) < 4.78 is 4.90. The molecule has 0 atom stereocenters. The normalized spacial score (nSPS) is 17.7. The van der Waals surface area contributed by atoms with E-state index < -0.39 is 0 Å². The van der Waals surface area contributed by atoms with E-state index in [0.717, 1.165) is 0 Å². The molecule has 1 aliphatic rings. The largest absolute Gasteiger partial charge is 0.460 e. The topological polar surface area (TPSA) is 26.3 Å². The van der Waals surface area contributed by atoms with Gasteiger partial charge in [-0.15, -0.1) is 0 Å². The van der Waals surface area contributed by atoms with Crippen LogP contribution < -0.4 is 0 Å². The predicted molar refractivity (Wildman–Crippen MR) is 43.1 cm³/mol. The molecular weight excluding hydrogens is 140 g/mol. The zero-order valence-electron chi connectivity index (χ0n) is 7.04. The summed E-state index contributed by atoms with van der Waals surface area (Å²) in [5.41, 5.74) is 0. The molecule has 0 aromatic heterocycles. The number of ether oxygens (including phenoxy) is 1. The smallest absolute Gasteiger partial charge is 0.330 e. The zero-order valence-corrected chi connectivity index (χ0v) is 7.04. The van der Waals surface area contributed by atoms with Crippen LogP contribution in [0.5, 0.6) is 0 Å². The Morgan fingerprint density at radius 3 is 2.64 bits per heavy atom. The predicted octanol–water partition coefficient (Wildman–Crippen LogP) is 1.90. The third-order valence-electron chi connectivity index (χ3n) is 1.48. The lowest BCUT2D eigenvalue weighted by Crippen LogP contribution is -2.08. The lowest BCUT2D eigenvalue weighted by Gasteiger charge is -2.03. The number of esters is 1. The Morgan fingerprint density at radius 1 is 1.55 bits per heavy atom. The monoisotopic (exact) mass is 154 g/mol. The molecule has 0 N–H and O–H groups in total. The molecule has 2 heteroatoms. The van der Waals surface area contributed by atoms with Crippen molar-refractivity contribution in [2.24, 2.45) is 5.92 Å². The second-order valence-corrected chi connectivity index (χ2v) is 3.18. The van der Waals surface area contributed by atoms with E-state index in [4.69, 9.17) is 4.74 Å². The van der Waals surface area contributed by atoms with Crippen LogP contribution in [0.1, 0.15) is 26.7 Å². The van der Waals surface area contributed by atoms with Gasteiger partial charge in [0.1, 0.15) is 0 Å². The highest BCUT2D eigenvalue weighted by molar-refractivity contribution is 5.82. The minimum atomic E-state index is -0.216. The molecule has 0 bridgehead atoms. The summed E-state index contributed by atoms with van der Waals surface area (Å²) in [7, 11) is 0. The molecule has 0 heterocycles. The maximum absolute atomic E-state index is 10.9. The Morgan fingerprint density at radius 2 is 2.18 bits per heavy atom. The van der Waals surface area contributed by atoms with Crippen LogP contribution >= 0.6 is 0 Å². The van der Waals surface area contributed by atoms with Gasteiger partial charge in [0.05, 0.1) is 6.10 Å². The summed E-state index contributed by atoms with van der Waals surface area (Å²) >= 11 is 0. The third kappa shape index (κ3) is 3.81. The average molecular weight is 154 g/mol. The third-order valence-corrected chi connectivity index (χ3v) is 1.48. The van der Waals surface area contributed by atoms with E-state index in [9.17, 15) is 4.79 Å². The van der Waals surface area contributed by atoms with Crippen molar-refractivity contribution in [1.29, 1.82) is 0 Å². The number of allylic oxidation sites excluding steroid dienone is 1. The van der Waals surface area contributed by atoms with Crippen LogP contribution in [0.3, 0.4) is 0 Å². The fraction of sp³-hybridized carbons (Fsp3) is 0.667. The SMILES string of the molecule is CC(C)OC(=O)/C=C/C1CC1. The van der Waals surface area contributed by atoms with Gasteiger partial charge in [-0.1, -0.05) is 6.08 Å². The molecule has 0 aromatic rings. The fourth-order valence-electron chi connectivity index (χ4n) is 0.775. The summed E-state index contributed by atoms with van der Waals surface area (Å²) in [6.07, 6.45) is 5.92. The molecule has 1 saturated carbocycles. The molecule has 0 radical (unpaired) electrons. The van der Waals surface area contributed by atoms with Gasteiger partial charge in [-0.2, -0.15) is 0 Å². The van der Waals surface area contributed by atoms with E-state index in [0.29, 0.717) is 5.92 Å². The summed E-state index contributed by atoms with van der Waals surface area (Å²) in [5.74, 6) is 0.432. The Bertz CT molecular complexity index is 166. The Hall–Kier alpha value is -0.790. The van der Waals surface area contributed by atoms with Gasteiger partial charge in [-0.25, -0.2) is 4.79 Å². The Labute approximate surface area is 67.2 Å². The van der Waals surface area contributed by atoms with Gasteiger partial charge in [-0.05, 0) is 32.6 Å². The molecule has 62 valence electrons. The van der Waals surface area contributed by atoms with Gasteiger partial charge >= 0.3 is 5.97 Å². The highest BCUT2D eigenvalue weighted by atomic mass is 16.5. The minimum Gasteiger partial charge on any atom is -0.460 e. The average Bonchev–Trinajstić information content (AvgIpc) is 2.63. The van der Waals surface area contributed by atoms with E-state index in [2.05, 4.69) is 0 Å². The van der Waals surface area contributed by atoms with Crippen LogP contribution in [-0.4, -0.2) is 12.1 Å². The van der Waals surface area contributed by atoms with E-state index in [1.807, 2.05) is 19.9 Å². The zero-order chi connectivity index (χ0) is 8.27. The van der Waals surface area contributed by atoms with Crippen molar-refractivity contribution in [2.75, 3.05) is 0 Å². The molecule has 11 heavy (non-hydrogen) atoms. The Balaban J connectivity index is 2.18. The number of carbonyl (C=O) groups excluding carboxylic acids is 1. The van der Waals surface area contributed by atoms with Gasteiger partial charge < -0.3 is 4.74 Å². The molecule has 0 unspecified atom stereocenters.